The van der Waals surface area contributed by atoms with Gasteiger partial charge >= 0.3 is 0 Å². The maximum atomic E-state index is 13.8. The first-order chi connectivity index (χ1) is 15.8. The van der Waals surface area contributed by atoms with Crippen LogP contribution in [0.3, 0.4) is 0 Å². The third-order valence-corrected chi connectivity index (χ3v) is 7.05. The number of aromatic nitrogens is 3. The number of hydrogen-bond donors (Lipinski definition) is 3. The Kier molecular flexibility index (Phi) is 7.34. The molecule has 174 valence electrons. The molecule has 0 radical (unpaired) electrons. The molecule has 4 rings (SSSR count). The van der Waals surface area contributed by atoms with E-state index in [1.54, 1.807) is 18.2 Å². The van der Waals surface area contributed by atoms with Crippen molar-refractivity contribution in [3.05, 3.63) is 64.0 Å². The fourth-order valence-electron chi connectivity index (χ4n) is 3.54. The van der Waals surface area contributed by atoms with E-state index in [1.807, 2.05) is 0 Å². The van der Waals surface area contributed by atoms with Gasteiger partial charge in [-0.3, -0.25) is 4.79 Å². The second-order valence-electron chi connectivity index (χ2n) is 7.37. The molecule has 0 saturated carbocycles. The van der Waals surface area contributed by atoms with Crippen molar-refractivity contribution < 1.29 is 29.2 Å². The second kappa shape index (κ2) is 10.1. The van der Waals surface area contributed by atoms with Crippen LogP contribution in [0.25, 0.3) is 11.3 Å². The Labute approximate surface area is 201 Å². The number of nitrogens with zero attached hydrogens (tertiary/aromatic N) is 3. The van der Waals surface area contributed by atoms with Crippen LogP contribution >= 0.6 is 35.0 Å². The van der Waals surface area contributed by atoms with Gasteiger partial charge in [-0.05, 0) is 36.4 Å². The molecule has 1 aliphatic rings. The van der Waals surface area contributed by atoms with E-state index < -0.39 is 42.2 Å². The maximum Gasteiger partial charge on any atom is 0.150 e. The van der Waals surface area contributed by atoms with Gasteiger partial charge in [0.25, 0.3) is 0 Å². The molecule has 1 fully saturated rings. The van der Waals surface area contributed by atoms with Gasteiger partial charge in [-0.15, -0.1) is 5.10 Å². The van der Waals surface area contributed by atoms with Gasteiger partial charge in [0.1, 0.15) is 47.6 Å². The predicted molar refractivity (Wildman–Crippen MR) is 120 cm³/mol. The lowest BCUT2D eigenvalue weighted by atomic mass is 9.97. The van der Waals surface area contributed by atoms with E-state index >= 15 is 0 Å². The highest BCUT2D eigenvalue weighted by Crippen LogP contribution is 2.39. The van der Waals surface area contributed by atoms with Crippen LogP contribution in [0.1, 0.15) is 16.4 Å². The van der Waals surface area contributed by atoms with Crippen molar-refractivity contribution in [1.82, 2.24) is 15.0 Å². The summed E-state index contributed by atoms with van der Waals surface area (Å²) in [6, 6.07) is 7.61. The number of aliphatic hydroxyl groups is 3. The second-order valence-corrected chi connectivity index (χ2v) is 9.35. The van der Waals surface area contributed by atoms with Gasteiger partial charge in [0.15, 0.2) is 0 Å². The van der Waals surface area contributed by atoms with Crippen LogP contribution in [0.4, 0.5) is 4.39 Å². The summed E-state index contributed by atoms with van der Waals surface area (Å²) >= 11 is 13.2. The molecule has 2 heterocycles. The molecule has 0 bridgehead atoms. The summed E-state index contributed by atoms with van der Waals surface area (Å²) in [5, 5.41) is 40.1. The molecule has 12 heteroatoms. The molecule has 1 aliphatic heterocycles. The van der Waals surface area contributed by atoms with Crippen molar-refractivity contribution in [3.63, 3.8) is 0 Å². The fraction of sp³-hybridized carbons (Fsp3) is 0.286. The quantitative estimate of drug-likeness (QED) is 0.430. The molecule has 2 aromatic carbocycles. The standard InChI is InChI=1S/C21H18Cl2FN3O5S/c22-14-2-1-13(6-15(14)23)33-21-20(31)18(19(30)17(9-29)32-21)27-7-16(25-26-27)11-3-10(8-28)4-12(24)5-11/h1-8,17-21,29-31H,9H2/t17-,18+,19+,20-,21+/m1/s1. The number of benzene rings is 2. The Morgan fingerprint density at radius 1 is 1.15 bits per heavy atom. The summed E-state index contributed by atoms with van der Waals surface area (Å²) in [5.74, 6) is -0.617. The molecule has 0 unspecified atom stereocenters. The number of rotatable bonds is 6. The lowest BCUT2D eigenvalue weighted by molar-refractivity contribution is -0.178. The van der Waals surface area contributed by atoms with Crippen LogP contribution < -0.4 is 0 Å². The Morgan fingerprint density at radius 2 is 1.94 bits per heavy atom. The molecule has 1 aromatic heterocycles. The van der Waals surface area contributed by atoms with Crippen LogP contribution in [0, 0.1) is 5.82 Å². The van der Waals surface area contributed by atoms with Crippen LogP contribution in [-0.2, 0) is 4.74 Å². The van der Waals surface area contributed by atoms with E-state index in [2.05, 4.69) is 10.3 Å². The molecule has 3 N–H and O–H groups in total. The number of aliphatic hydroxyl groups excluding tert-OH is 3. The van der Waals surface area contributed by atoms with E-state index in [0.717, 1.165) is 17.8 Å². The van der Waals surface area contributed by atoms with Crippen LogP contribution in [0.5, 0.6) is 0 Å². The molecule has 8 nitrogen and oxygen atoms in total. The monoisotopic (exact) mass is 513 g/mol. The van der Waals surface area contributed by atoms with Gasteiger partial charge in [-0.1, -0.05) is 40.2 Å². The van der Waals surface area contributed by atoms with Crippen LogP contribution in [0.2, 0.25) is 10.0 Å². The van der Waals surface area contributed by atoms with Gasteiger partial charge in [-0.2, -0.15) is 0 Å². The Morgan fingerprint density at radius 3 is 2.64 bits per heavy atom. The zero-order valence-corrected chi connectivity index (χ0v) is 19.1. The van der Waals surface area contributed by atoms with E-state index in [0.29, 0.717) is 26.8 Å². The highest BCUT2D eigenvalue weighted by Gasteiger charge is 2.46. The summed E-state index contributed by atoms with van der Waals surface area (Å²) in [4.78, 5) is 11.7. The van der Waals surface area contributed by atoms with Crippen LogP contribution in [0.15, 0.2) is 47.5 Å². The Hall–Kier alpha value is -2.05. The number of hydrogen-bond acceptors (Lipinski definition) is 8. The van der Waals surface area contributed by atoms with Gasteiger partial charge in [-0.25, -0.2) is 9.07 Å². The smallest absolute Gasteiger partial charge is 0.150 e. The number of aldehydes is 1. The van der Waals surface area contributed by atoms with Gasteiger partial charge < -0.3 is 20.1 Å². The topological polar surface area (TPSA) is 118 Å². The molecular formula is C21H18Cl2FN3O5S. The molecular weight excluding hydrogens is 496 g/mol. The largest absolute Gasteiger partial charge is 0.394 e. The molecule has 33 heavy (non-hydrogen) atoms. The van der Waals surface area contributed by atoms with Crippen molar-refractivity contribution in [3.8, 4) is 11.3 Å². The normalized spacial score (nSPS) is 25.2. The molecule has 1 saturated heterocycles. The first-order valence-electron chi connectivity index (χ1n) is 9.73. The number of carbonyl (C=O) groups excluding carboxylic acids is 1. The SMILES string of the molecule is O=Cc1cc(F)cc(-c2cn([C@H]3[C@@H](O)[C@@H](CO)O[C@@H](Sc4ccc(Cl)c(Cl)c4)[C@@H]3O)nn2)c1. The van der Waals surface area contributed by atoms with E-state index in [9.17, 15) is 24.5 Å². The van der Waals surface area contributed by atoms with Crippen LogP contribution in [-0.4, -0.2) is 67.0 Å². The summed E-state index contributed by atoms with van der Waals surface area (Å²) < 4.78 is 20.8. The minimum atomic E-state index is -1.32. The lowest BCUT2D eigenvalue weighted by Crippen LogP contribution is -2.55. The maximum absolute atomic E-state index is 13.8. The molecule has 0 spiro atoms. The average Bonchev–Trinajstić information content (AvgIpc) is 3.27. The molecule has 3 aromatic rings. The van der Waals surface area contributed by atoms with Crippen molar-refractivity contribution in [2.45, 2.75) is 34.7 Å². The average molecular weight is 514 g/mol. The minimum Gasteiger partial charge on any atom is -0.394 e. The first kappa shape index (κ1) is 24.1. The van der Waals surface area contributed by atoms with Gasteiger partial charge in [0.05, 0.1) is 22.8 Å². The predicted octanol–water partition coefficient (Wildman–Crippen LogP) is 2.98. The van der Waals surface area contributed by atoms with Crippen molar-refractivity contribution in [2.75, 3.05) is 6.61 Å². The highest BCUT2D eigenvalue weighted by atomic mass is 35.5. The third kappa shape index (κ3) is 5.07. The number of thioether (sulfide) groups is 1. The van der Waals surface area contributed by atoms with Crippen molar-refractivity contribution in [1.29, 1.82) is 0 Å². The Balaban J connectivity index is 1.63. The third-order valence-electron chi connectivity index (χ3n) is 5.16. The zero-order chi connectivity index (χ0) is 23.7. The fourth-order valence-corrected chi connectivity index (χ4v) is 5.01. The summed E-state index contributed by atoms with van der Waals surface area (Å²) in [5.41, 5.74) is -0.224. The van der Waals surface area contributed by atoms with Crippen molar-refractivity contribution >= 4 is 41.2 Å². The van der Waals surface area contributed by atoms with Crippen molar-refractivity contribution in [2.24, 2.45) is 0 Å². The lowest BCUT2D eigenvalue weighted by Gasteiger charge is -2.41. The van der Waals surface area contributed by atoms with E-state index in [4.69, 9.17) is 27.9 Å². The highest BCUT2D eigenvalue weighted by molar-refractivity contribution is 7.99. The van der Waals surface area contributed by atoms with Gasteiger partial charge in [0.2, 0.25) is 0 Å². The number of halogens is 3. The summed E-state index contributed by atoms with van der Waals surface area (Å²) in [6.45, 7) is -0.503. The molecule has 0 aliphatic carbocycles. The summed E-state index contributed by atoms with van der Waals surface area (Å²) in [7, 11) is 0. The number of carbonyl (C=O) groups is 1. The number of ether oxygens (including phenoxy) is 1. The summed E-state index contributed by atoms with van der Waals surface area (Å²) in [6.07, 6.45) is -1.67. The molecule has 5 atom stereocenters. The van der Waals surface area contributed by atoms with Gasteiger partial charge in [0, 0.05) is 16.0 Å². The van der Waals surface area contributed by atoms with E-state index in [1.165, 1.54) is 23.0 Å². The zero-order valence-electron chi connectivity index (χ0n) is 16.8. The Bertz CT molecular complexity index is 1170. The first-order valence-corrected chi connectivity index (χ1v) is 11.4. The minimum absolute atomic E-state index is 0.129. The molecule has 0 amide bonds. The van der Waals surface area contributed by atoms with E-state index in [-0.39, 0.29) is 11.3 Å².